The van der Waals surface area contributed by atoms with Crippen molar-refractivity contribution in [2.24, 2.45) is 0 Å². The first-order valence-electron chi connectivity index (χ1n) is 7.71. The van der Waals surface area contributed by atoms with Crippen LogP contribution in [-0.2, 0) is 11.2 Å². The SMILES string of the molecule is CCc1nnc(NC(=O)/C=C/c2cccc(-c3ccccc3)c2)s1. The fraction of sp³-hybridized carbons (Fsp3) is 0.105. The van der Waals surface area contributed by atoms with E-state index in [-0.39, 0.29) is 5.91 Å². The lowest BCUT2D eigenvalue weighted by atomic mass is 10.0. The number of carbonyl (C=O) groups excluding carboxylic acids is 1. The van der Waals surface area contributed by atoms with Crippen molar-refractivity contribution in [3.8, 4) is 11.1 Å². The van der Waals surface area contributed by atoms with Crippen LogP contribution < -0.4 is 5.32 Å². The largest absolute Gasteiger partial charge is 0.297 e. The fourth-order valence-electron chi connectivity index (χ4n) is 2.22. The molecule has 5 heteroatoms. The predicted octanol–water partition coefficient (Wildman–Crippen LogP) is 4.42. The molecule has 2 aromatic carbocycles. The number of hydrogen-bond acceptors (Lipinski definition) is 4. The van der Waals surface area contributed by atoms with E-state index in [1.54, 1.807) is 6.08 Å². The van der Waals surface area contributed by atoms with Gasteiger partial charge in [0, 0.05) is 6.08 Å². The van der Waals surface area contributed by atoms with Crippen molar-refractivity contribution in [1.82, 2.24) is 10.2 Å². The molecule has 0 aliphatic heterocycles. The molecule has 0 fully saturated rings. The number of aryl methyl sites for hydroxylation is 1. The molecule has 0 spiro atoms. The molecule has 1 amide bonds. The van der Waals surface area contributed by atoms with Crippen molar-refractivity contribution < 1.29 is 4.79 Å². The Kier molecular flexibility index (Phi) is 5.13. The molecule has 0 unspecified atom stereocenters. The van der Waals surface area contributed by atoms with Crippen LogP contribution in [0.15, 0.2) is 60.7 Å². The second kappa shape index (κ2) is 7.66. The van der Waals surface area contributed by atoms with Crippen LogP contribution in [0.3, 0.4) is 0 Å². The zero-order valence-electron chi connectivity index (χ0n) is 13.3. The smallest absolute Gasteiger partial charge is 0.250 e. The summed E-state index contributed by atoms with van der Waals surface area (Å²) < 4.78 is 0. The lowest BCUT2D eigenvalue weighted by Gasteiger charge is -2.02. The van der Waals surface area contributed by atoms with Gasteiger partial charge in [-0.25, -0.2) is 0 Å². The average Bonchev–Trinajstić information content (AvgIpc) is 3.08. The number of nitrogens with one attached hydrogen (secondary N) is 1. The van der Waals surface area contributed by atoms with Gasteiger partial charge in [-0.1, -0.05) is 66.8 Å². The van der Waals surface area contributed by atoms with E-state index in [4.69, 9.17) is 0 Å². The molecule has 4 nitrogen and oxygen atoms in total. The first kappa shape index (κ1) is 16.1. The van der Waals surface area contributed by atoms with E-state index in [2.05, 4.69) is 39.8 Å². The molecule has 3 rings (SSSR count). The van der Waals surface area contributed by atoms with Crippen LogP contribution in [0.4, 0.5) is 5.13 Å². The summed E-state index contributed by atoms with van der Waals surface area (Å²) in [7, 11) is 0. The molecule has 0 aliphatic carbocycles. The fourth-order valence-corrected chi connectivity index (χ4v) is 2.90. The van der Waals surface area contributed by atoms with Crippen LogP contribution in [0.2, 0.25) is 0 Å². The van der Waals surface area contributed by atoms with E-state index >= 15 is 0 Å². The number of aromatic nitrogens is 2. The summed E-state index contributed by atoms with van der Waals surface area (Å²) in [5, 5.41) is 12.1. The second-order valence-electron chi connectivity index (χ2n) is 5.17. The summed E-state index contributed by atoms with van der Waals surface area (Å²) in [6, 6.07) is 18.2. The maximum absolute atomic E-state index is 12.0. The van der Waals surface area contributed by atoms with E-state index in [0.29, 0.717) is 5.13 Å². The molecule has 0 saturated heterocycles. The molecule has 24 heavy (non-hydrogen) atoms. The molecule has 3 aromatic rings. The zero-order valence-corrected chi connectivity index (χ0v) is 14.1. The van der Waals surface area contributed by atoms with Crippen LogP contribution >= 0.6 is 11.3 Å². The molecule has 0 radical (unpaired) electrons. The number of amides is 1. The highest BCUT2D eigenvalue weighted by molar-refractivity contribution is 7.15. The third-order valence-electron chi connectivity index (χ3n) is 3.42. The molecule has 120 valence electrons. The summed E-state index contributed by atoms with van der Waals surface area (Å²) in [5.74, 6) is -0.209. The molecule has 0 saturated carbocycles. The van der Waals surface area contributed by atoms with Gasteiger partial charge in [-0.15, -0.1) is 10.2 Å². The lowest BCUT2D eigenvalue weighted by Crippen LogP contribution is -2.07. The van der Waals surface area contributed by atoms with Gasteiger partial charge >= 0.3 is 0 Å². The highest BCUT2D eigenvalue weighted by Crippen LogP contribution is 2.20. The minimum atomic E-state index is -0.209. The Hall–Kier alpha value is -2.79. The lowest BCUT2D eigenvalue weighted by molar-refractivity contribution is -0.111. The van der Waals surface area contributed by atoms with Gasteiger partial charge in [0.1, 0.15) is 5.01 Å². The van der Waals surface area contributed by atoms with Gasteiger partial charge in [0.05, 0.1) is 0 Å². The summed E-state index contributed by atoms with van der Waals surface area (Å²) in [4.78, 5) is 12.0. The van der Waals surface area contributed by atoms with Gasteiger partial charge in [0.2, 0.25) is 11.0 Å². The highest BCUT2D eigenvalue weighted by Gasteiger charge is 2.04. The minimum Gasteiger partial charge on any atom is -0.297 e. The van der Waals surface area contributed by atoms with Gasteiger partial charge in [-0.3, -0.25) is 10.1 Å². The third kappa shape index (κ3) is 4.14. The van der Waals surface area contributed by atoms with Crippen molar-refractivity contribution in [1.29, 1.82) is 0 Å². The Morgan fingerprint density at radius 2 is 1.88 bits per heavy atom. The Balaban J connectivity index is 1.69. The van der Waals surface area contributed by atoms with Crippen molar-refractivity contribution >= 4 is 28.5 Å². The second-order valence-corrected chi connectivity index (χ2v) is 6.23. The van der Waals surface area contributed by atoms with Crippen LogP contribution in [0.5, 0.6) is 0 Å². The van der Waals surface area contributed by atoms with Gasteiger partial charge < -0.3 is 0 Å². The highest BCUT2D eigenvalue weighted by atomic mass is 32.1. The van der Waals surface area contributed by atoms with Crippen molar-refractivity contribution in [3.63, 3.8) is 0 Å². The van der Waals surface area contributed by atoms with Crippen LogP contribution in [0.25, 0.3) is 17.2 Å². The molecule has 0 atom stereocenters. The number of rotatable bonds is 5. The quantitative estimate of drug-likeness (QED) is 0.702. The van der Waals surface area contributed by atoms with Crippen LogP contribution in [0.1, 0.15) is 17.5 Å². The number of benzene rings is 2. The molecule has 1 heterocycles. The van der Waals surface area contributed by atoms with E-state index < -0.39 is 0 Å². The molecule has 0 bridgehead atoms. The maximum Gasteiger partial charge on any atom is 0.250 e. The topological polar surface area (TPSA) is 54.9 Å². The number of carbonyl (C=O) groups is 1. The number of nitrogens with zero attached hydrogens (tertiary/aromatic N) is 2. The Morgan fingerprint density at radius 1 is 1.08 bits per heavy atom. The predicted molar refractivity (Wildman–Crippen MR) is 98.8 cm³/mol. The normalized spacial score (nSPS) is 10.9. The number of hydrogen-bond donors (Lipinski definition) is 1. The third-order valence-corrected chi connectivity index (χ3v) is 4.40. The van der Waals surface area contributed by atoms with Crippen LogP contribution in [-0.4, -0.2) is 16.1 Å². The summed E-state index contributed by atoms with van der Waals surface area (Å²) >= 11 is 1.39. The monoisotopic (exact) mass is 335 g/mol. The van der Waals surface area contributed by atoms with E-state index in [0.717, 1.165) is 28.1 Å². The first-order valence-corrected chi connectivity index (χ1v) is 8.53. The summed E-state index contributed by atoms with van der Waals surface area (Å²) in [6.45, 7) is 2.01. The Morgan fingerprint density at radius 3 is 2.62 bits per heavy atom. The van der Waals surface area contributed by atoms with Crippen LogP contribution in [0, 0.1) is 0 Å². The molecular weight excluding hydrogens is 318 g/mol. The van der Waals surface area contributed by atoms with Gasteiger partial charge in [0.25, 0.3) is 0 Å². The van der Waals surface area contributed by atoms with Gasteiger partial charge in [-0.2, -0.15) is 0 Å². The molecule has 1 N–H and O–H groups in total. The Labute approximate surface area is 144 Å². The minimum absolute atomic E-state index is 0.209. The van der Waals surface area contributed by atoms with E-state index in [1.165, 1.54) is 17.4 Å². The zero-order chi connectivity index (χ0) is 16.8. The first-order chi connectivity index (χ1) is 11.7. The molecule has 1 aromatic heterocycles. The van der Waals surface area contributed by atoms with E-state index in [1.807, 2.05) is 37.3 Å². The average molecular weight is 335 g/mol. The number of anilines is 1. The molecular formula is C19H17N3OS. The standard InChI is InChI=1S/C19H17N3OS/c1-2-18-21-22-19(24-18)20-17(23)12-11-14-7-6-10-16(13-14)15-8-4-3-5-9-15/h3-13H,2H2,1H3,(H,20,22,23)/b12-11+. The van der Waals surface area contributed by atoms with Crippen molar-refractivity contribution in [2.75, 3.05) is 5.32 Å². The Bertz CT molecular complexity index is 856. The maximum atomic E-state index is 12.0. The van der Waals surface area contributed by atoms with E-state index in [9.17, 15) is 4.79 Å². The van der Waals surface area contributed by atoms with Gasteiger partial charge in [-0.05, 0) is 35.3 Å². The summed E-state index contributed by atoms with van der Waals surface area (Å²) in [5.41, 5.74) is 3.24. The van der Waals surface area contributed by atoms with Crippen molar-refractivity contribution in [3.05, 3.63) is 71.2 Å². The van der Waals surface area contributed by atoms with Crippen molar-refractivity contribution in [2.45, 2.75) is 13.3 Å². The molecule has 0 aliphatic rings. The van der Waals surface area contributed by atoms with Gasteiger partial charge in [0.15, 0.2) is 0 Å². The summed E-state index contributed by atoms with van der Waals surface area (Å²) in [6.07, 6.45) is 4.12.